The maximum atomic E-state index is 13.7. The van der Waals surface area contributed by atoms with Crippen LogP contribution in [-0.2, 0) is 6.54 Å². The van der Waals surface area contributed by atoms with Crippen LogP contribution in [0.1, 0.15) is 33.3 Å². The van der Waals surface area contributed by atoms with Crippen LogP contribution >= 0.6 is 11.6 Å². The van der Waals surface area contributed by atoms with E-state index in [1.54, 1.807) is 42.3 Å². The van der Waals surface area contributed by atoms with Crippen LogP contribution in [0.2, 0.25) is 5.02 Å². The molecule has 3 aromatic carbocycles. The number of rotatable bonds is 5. The zero-order valence-corrected chi connectivity index (χ0v) is 18.8. The molecule has 1 atom stereocenters. The Hall–Kier alpha value is -3.77. The average molecular weight is 462 g/mol. The number of carbonyl (C=O) groups excluding carboxylic acids is 1. The molecular weight excluding hydrogens is 442 g/mol. The van der Waals surface area contributed by atoms with E-state index in [-0.39, 0.29) is 29.2 Å². The summed E-state index contributed by atoms with van der Waals surface area (Å²) >= 11 is 6.15. The third-order valence-corrected chi connectivity index (χ3v) is 6.09. The number of halogens is 1. The van der Waals surface area contributed by atoms with Crippen molar-refractivity contribution in [2.45, 2.75) is 12.6 Å². The maximum absolute atomic E-state index is 13.7. The van der Waals surface area contributed by atoms with Gasteiger partial charge < -0.3 is 18.8 Å². The molecule has 0 N–H and O–H groups in total. The fourth-order valence-electron chi connectivity index (χ4n) is 4.39. The van der Waals surface area contributed by atoms with Gasteiger partial charge in [0.2, 0.25) is 5.76 Å². The van der Waals surface area contributed by atoms with Crippen molar-refractivity contribution in [3.8, 4) is 11.5 Å². The van der Waals surface area contributed by atoms with Crippen molar-refractivity contribution in [1.82, 2.24) is 4.90 Å². The molecule has 5 rings (SSSR count). The van der Waals surface area contributed by atoms with Crippen molar-refractivity contribution in [3.05, 3.63) is 104 Å². The molecule has 1 aliphatic heterocycles. The highest BCUT2D eigenvalue weighted by Crippen LogP contribution is 2.45. The van der Waals surface area contributed by atoms with E-state index in [4.69, 9.17) is 25.5 Å². The van der Waals surface area contributed by atoms with Gasteiger partial charge >= 0.3 is 0 Å². The number of carbonyl (C=O) groups is 1. The molecule has 0 saturated heterocycles. The molecule has 0 spiro atoms. The summed E-state index contributed by atoms with van der Waals surface area (Å²) in [7, 11) is 3.07. The van der Waals surface area contributed by atoms with Gasteiger partial charge in [-0.1, -0.05) is 54.1 Å². The van der Waals surface area contributed by atoms with Gasteiger partial charge in [-0.15, -0.1) is 0 Å². The monoisotopic (exact) mass is 461 g/mol. The number of hydrogen-bond donors (Lipinski definition) is 0. The lowest BCUT2D eigenvalue weighted by atomic mass is 9.97. The second-order valence-corrected chi connectivity index (χ2v) is 8.15. The lowest BCUT2D eigenvalue weighted by molar-refractivity contribution is 0.0712. The zero-order valence-electron chi connectivity index (χ0n) is 18.0. The van der Waals surface area contributed by atoms with Crippen LogP contribution in [0.15, 0.2) is 75.9 Å². The van der Waals surface area contributed by atoms with Gasteiger partial charge in [0.25, 0.3) is 5.91 Å². The largest absolute Gasteiger partial charge is 0.493 e. The molecule has 1 aliphatic rings. The molecule has 33 heavy (non-hydrogen) atoms. The Balaban J connectivity index is 1.79. The lowest BCUT2D eigenvalue weighted by Gasteiger charge is -2.27. The normalized spacial score (nSPS) is 15.1. The molecule has 4 aromatic rings. The van der Waals surface area contributed by atoms with Crippen LogP contribution in [0.25, 0.3) is 11.0 Å². The van der Waals surface area contributed by atoms with Crippen molar-refractivity contribution in [2.75, 3.05) is 14.2 Å². The van der Waals surface area contributed by atoms with Crippen molar-refractivity contribution in [2.24, 2.45) is 0 Å². The number of fused-ring (bicyclic) bond motifs is 2. The number of ether oxygens (including phenoxy) is 2. The zero-order chi connectivity index (χ0) is 23.1. The van der Waals surface area contributed by atoms with E-state index in [0.29, 0.717) is 33.1 Å². The fourth-order valence-corrected chi connectivity index (χ4v) is 4.56. The highest BCUT2D eigenvalue weighted by molar-refractivity contribution is 6.31. The summed E-state index contributed by atoms with van der Waals surface area (Å²) in [6, 6.07) is 19.1. The first-order chi connectivity index (χ1) is 16.0. The smallest absolute Gasteiger partial charge is 0.291 e. The van der Waals surface area contributed by atoms with E-state index >= 15 is 0 Å². The number of hydrogen-bond acceptors (Lipinski definition) is 5. The molecule has 1 amide bonds. The molecular formula is C26H20ClNO5. The van der Waals surface area contributed by atoms with E-state index in [9.17, 15) is 9.59 Å². The molecule has 0 radical (unpaired) electrons. The molecule has 6 nitrogen and oxygen atoms in total. The van der Waals surface area contributed by atoms with Crippen LogP contribution in [0.3, 0.4) is 0 Å². The number of para-hydroxylation sites is 1. The molecule has 7 heteroatoms. The topological polar surface area (TPSA) is 69.0 Å². The van der Waals surface area contributed by atoms with Crippen LogP contribution in [0.4, 0.5) is 0 Å². The van der Waals surface area contributed by atoms with Gasteiger partial charge in [0.15, 0.2) is 16.9 Å². The Morgan fingerprint density at radius 1 is 0.970 bits per heavy atom. The van der Waals surface area contributed by atoms with Crippen LogP contribution < -0.4 is 14.9 Å². The van der Waals surface area contributed by atoms with E-state index in [2.05, 4.69) is 0 Å². The Morgan fingerprint density at radius 2 is 1.76 bits per heavy atom. The van der Waals surface area contributed by atoms with E-state index in [1.807, 2.05) is 36.4 Å². The van der Waals surface area contributed by atoms with E-state index in [0.717, 1.165) is 5.56 Å². The standard InChI is InChI=1S/C26H20ClNO5/c1-31-20-10-6-9-17(24(20)32-2)22-21-23(29)18-13-16(27)11-12-19(18)33-25(21)26(30)28(22)14-15-7-4-3-5-8-15/h3-13,22H,14H2,1-2H3. The van der Waals surface area contributed by atoms with E-state index in [1.165, 1.54) is 7.11 Å². The van der Waals surface area contributed by atoms with Crippen LogP contribution in [0, 0.1) is 0 Å². The Morgan fingerprint density at radius 3 is 2.48 bits per heavy atom. The maximum Gasteiger partial charge on any atom is 0.291 e. The van der Waals surface area contributed by atoms with Gasteiger partial charge in [0.1, 0.15) is 5.58 Å². The van der Waals surface area contributed by atoms with Gasteiger partial charge in [-0.3, -0.25) is 9.59 Å². The minimum atomic E-state index is -0.725. The predicted molar refractivity (Wildman–Crippen MR) is 125 cm³/mol. The molecule has 0 saturated carbocycles. The molecule has 1 aromatic heterocycles. The van der Waals surface area contributed by atoms with Crippen molar-refractivity contribution in [3.63, 3.8) is 0 Å². The molecule has 2 heterocycles. The Bertz CT molecular complexity index is 1430. The number of benzene rings is 3. The SMILES string of the molecule is COc1cccc(C2c3c(oc4ccc(Cl)cc4c3=O)C(=O)N2Cc2ccccc2)c1OC. The van der Waals surface area contributed by atoms with Crippen molar-refractivity contribution >= 4 is 28.5 Å². The number of methoxy groups -OCH3 is 2. The molecule has 166 valence electrons. The van der Waals surface area contributed by atoms with E-state index < -0.39 is 6.04 Å². The Labute approximate surface area is 194 Å². The van der Waals surface area contributed by atoms with Gasteiger partial charge in [0.05, 0.1) is 31.2 Å². The quantitative estimate of drug-likeness (QED) is 0.408. The summed E-state index contributed by atoms with van der Waals surface area (Å²) in [5.74, 6) is 0.622. The molecule has 1 unspecified atom stereocenters. The van der Waals surface area contributed by atoms with Gasteiger partial charge in [-0.25, -0.2) is 0 Å². The summed E-state index contributed by atoms with van der Waals surface area (Å²) < 4.78 is 17.1. The first-order valence-corrected chi connectivity index (χ1v) is 10.7. The highest BCUT2D eigenvalue weighted by atomic mass is 35.5. The predicted octanol–water partition coefficient (Wildman–Crippen LogP) is 5.21. The fraction of sp³-hybridized carbons (Fsp3) is 0.154. The summed E-state index contributed by atoms with van der Waals surface area (Å²) in [5, 5.41) is 0.734. The summed E-state index contributed by atoms with van der Waals surface area (Å²) in [6.45, 7) is 0.283. The molecule has 0 aliphatic carbocycles. The van der Waals surface area contributed by atoms with Crippen molar-refractivity contribution in [1.29, 1.82) is 0 Å². The third kappa shape index (κ3) is 3.43. The second-order valence-electron chi connectivity index (χ2n) is 7.72. The number of nitrogens with zero attached hydrogens (tertiary/aromatic N) is 1. The summed E-state index contributed by atoms with van der Waals surface area (Å²) in [5.41, 5.74) is 1.83. The minimum absolute atomic E-state index is 0.0284. The molecule has 0 fully saturated rings. The first-order valence-electron chi connectivity index (χ1n) is 10.4. The lowest BCUT2D eigenvalue weighted by Crippen LogP contribution is -2.29. The minimum Gasteiger partial charge on any atom is -0.493 e. The van der Waals surface area contributed by atoms with Crippen LogP contribution in [-0.4, -0.2) is 25.0 Å². The summed E-state index contributed by atoms with van der Waals surface area (Å²) in [4.78, 5) is 28.9. The average Bonchev–Trinajstić information content (AvgIpc) is 3.11. The second kappa shape index (κ2) is 8.30. The highest BCUT2D eigenvalue weighted by Gasteiger charge is 2.44. The third-order valence-electron chi connectivity index (χ3n) is 5.85. The van der Waals surface area contributed by atoms with Gasteiger partial charge in [-0.05, 0) is 29.8 Å². The summed E-state index contributed by atoms with van der Waals surface area (Å²) in [6.07, 6.45) is 0. The molecule has 0 bridgehead atoms. The van der Waals surface area contributed by atoms with Crippen LogP contribution in [0.5, 0.6) is 11.5 Å². The first kappa shape index (κ1) is 21.1. The van der Waals surface area contributed by atoms with Gasteiger partial charge in [0, 0.05) is 17.1 Å². The van der Waals surface area contributed by atoms with Crippen molar-refractivity contribution < 1.29 is 18.7 Å². The number of amides is 1. The van der Waals surface area contributed by atoms with Gasteiger partial charge in [-0.2, -0.15) is 0 Å². The Kier molecular flexibility index (Phi) is 5.30.